The van der Waals surface area contributed by atoms with Gasteiger partial charge in [0.05, 0.1) is 20.8 Å². The highest BCUT2D eigenvalue weighted by atomic mass is 16.7. The van der Waals surface area contributed by atoms with Crippen LogP contribution in [0, 0.1) is 0 Å². The molecule has 0 amide bonds. The van der Waals surface area contributed by atoms with Crippen LogP contribution in [0.1, 0.15) is 36.0 Å². The van der Waals surface area contributed by atoms with Crippen molar-refractivity contribution in [2.75, 3.05) is 27.4 Å². The number of rotatable bonds is 11. The fourth-order valence-corrected chi connectivity index (χ4v) is 3.55. The van der Waals surface area contributed by atoms with Crippen molar-refractivity contribution >= 4 is 12.0 Å². The van der Waals surface area contributed by atoms with Crippen LogP contribution >= 0.6 is 0 Å². The molecule has 1 unspecified atom stereocenters. The normalized spacial score (nSPS) is 15.8. The van der Waals surface area contributed by atoms with E-state index in [0.717, 1.165) is 30.4 Å². The van der Waals surface area contributed by atoms with Crippen molar-refractivity contribution in [3.8, 4) is 11.5 Å². The minimum Gasteiger partial charge on any atom is -0.493 e. The fraction of sp³-hybridized carbons (Fsp3) is 0.400. The van der Waals surface area contributed by atoms with Crippen LogP contribution in [0.4, 0.5) is 0 Å². The van der Waals surface area contributed by atoms with Gasteiger partial charge >= 0.3 is 5.97 Å². The number of esters is 1. The second-order valence-electron chi connectivity index (χ2n) is 7.60. The topological polar surface area (TPSA) is 112 Å². The van der Waals surface area contributed by atoms with E-state index in [1.165, 1.54) is 20.3 Å². The van der Waals surface area contributed by atoms with Crippen LogP contribution in [0.2, 0.25) is 0 Å². The van der Waals surface area contributed by atoms with Crippen LogP contribution in [0.3, 0.4) is 0 Å². The second-order valence-corrected chi connectivity index (χ2v) is 7.60. The Hall–Kier alpha value is -3.52. The summed E-state index contributed by atoms with van der Waals surface area (Å²) in [4.78, 5) is 14.8. The van der Waals surface area contributed by atoms with Gasteiger partial charge in [0.1, 0.15) is 12.3 Å². The molecule has 0 aliphatic carbocycles. The van der Waals surface area contributed by atoms with Crippen molar-refractivity contribution in [2.24, 2.45) is 5.11 Å². The van der Waals surface area contributed by atoms with Gasteiger partial charge in [0.25, 0.3) is 0 Å². The van der Waals surface area contributed by atoms with Gasteiger partial charge in [-0.25, -0.2) is 4.79 Å². The second kappa shape index (κ2) is 13.3. The van der Waals surface area contributed by atoms with Gasteiger partial charge in [0.2, 0.25) is 0 Å². The first-order valence-electron chi connectivity index (χ1n) is 11.1. The van der Waals surface area contributed by atoms with Crippen molar-refractivity contribution in [1.29, 1.82) is 0 Å². The molecule has 0 spiro atoms. The molecule has 0 radical (unpaired) electrons. The van der Waals surface area contributed by atoms with Gasteiger partial charge < -0.3 is 23.7 Å². The molecule has 1 fully saturated rings. The van der Waals surface area contributed by atoms with Gasteiger partial charge in [0.15, 0.2) is 17.8 Å². The molecule has 0 N–H and O–H groups in total. The zero-order valence-corrected chi connectivity index (χ0v) is 19.4. The highest BCUT2D eigenvalue weighted by molar-refractivity contribution is 5.93. The predicted octanol–water partition coefficient (Wildman–Crippen LogP) is 5.18. The lowest BCUT2D eigenvalue weighted by atomic mass is 10.0. The minimum atomic E-state index is -0.737. The molecule has 0 aromatic heterocycles. The number of hydrogen-bond donors (Lipinski definition) is 0. The SMILES string of the molecule is COC(=O)/C(=C/c1cc(OC)c(OCc2ccccc2)cc1CCOC1CCCCO1)N=[N+]=[N-]. The molecule has 2 aromatic rings. The monoisotopic (exact) mass is 467 g/mol. The molecule has 1 aliphatic rings. The van der Waals surface area contributed by atoms with Gasteiger partial charge in [-0.05, 0) is 66.1 Å². The number of ether oxygens (including phenoxy) is 5. The van der Waals surface area contributed by atoms with Crippen molar-refractivity contribution in [3.63, 3.8) is 0 Å². The molecular weight excluding hydrogens is 438 g/mol. The zero-order valence-electron chi connectivity index (χ0n) is 19.4. The van der Waals surface area contributed by atoms with Crippen LogP contribution in [-0.4, -0.2) is 39.7 Å². The molecule has 0 bridgehead atoms. The lowest BCUT2D eigenvalue weighted by molar-refractivity contribution is -0.161. The Morgan fingerprint density at radius 2 is 2.03 bits per heavy atom. The highest BCUT2D eigenvalue weighted by Gasteiger charge is 2.17. The molecule has 1 aliphatic heterocycles. The van der Waals surface area contributed by atoms with Gasteiger partial charge in [-0.15, -0.1) is 0 Å². The quantitative estimate of drug-likeness (QED) is 0.148. The third-order valence-corrected chi connectivity index (χ3v) is 5.31. The Morgan fingerprint density at radius 3 is 2.71 bits per heavy atom. The summed E-state index contributed by atoms with van der Waals surface area (Å²) >= 11 is 0. The van der Waals surface area contributed by atoms with Crippen LogP contribution in [0.15, 0.2) is 53.3 Å². The largest absolute Gasteiger partial charge is 0.493 e. The van der Waals surface area contributed by atoms with Crippen LogP contribution < -0.4 is 9.47 Å². The summed E-state index contributed by atoms with van der Waals surface area (Å²) in [7, 11) is 2.76. The van der Waals surface area contributed by atoms with E-state index in [9.17, 15) is 4.79 Å². The Balaban J connectivity index is 1.89. The van der Waals surface area contributed by atoms with E-state index in [1.54, 1.807) is 6.07 Å². The van der Waals surface area contributed by atoms with E-state index in [0.29, 0.717) is 43.3 Å². The van der Waals surface area contributed by atoms with Gasteiger partial charge in [0, 0.05) is 11.5 Å². The van der Waals surface area contributed by atoms with E-state index in [-0.39, 0.29) is 12.0 Å². The molecular formula is C25H29N3O6. The van der Waals surface area contributed by atoms with Crippen molar-refractivity contribution in [1.82, 2.24) is 0 Å². The Morgan fingerprint density at radius 1 is 1.21 bits per heavy atom. The van der Waals surface area contributed by atoms with E-state index in [2.05, 4.69) is 10.0 Å². The number of nitrogens with zero attached hydrogens (tertiary/aromatic N) is 3. The number of azide groups is 1. The summed E-state index contributed by atoms with van der Waals surface area (Å²) in [5.41, 5.74) is 11.2. The molecule has 9 nitrogen and oxygen atoms in total. The lowest BCUT2D eigenvalue weighted by Crippen LogP contribution is -2.23. The number of hydrogen-bond acceptors (Lipinski definition) is 7. The summed E-state index contributed by atoms with van der Waals surface area (Å²) in [5.74, 6) is 0.294. The molecule has 0 saturated carbocycles. The third-order valence-electron chi connectivity index (χ3n) is 5.31. The lowest BCUT2D eigenvalue weighted by Gasteiger charge is -2.23. The Bertz CT molecular complexity index is 1030. The molecule has 34 heavy (non-hydrogen) atoms. The highest BCUT2D eigenvalue weighted by Crippen LogP contribution is 2.33. The summed E-state index contributed by atoms with van der Waals surface area (Å²) < 4.78 is 27.9. The van der Waals surface area contributed by atoms with Crippen molar-refractivity contribution in [3.05, 3.63) is 75.3 Å². The predicted molar refractivity (Wildman–Crippen MR) is 126 cm³/mol. The van der Waals surface area contributed by atoms with E-state index < -0.39 is 5.97 Å². The van der Waals surface area contributed by atoms with E-state index >= 15 is 0 Å². The summed E-state index contributed by atoms with van der Waals surface area (Å²) in [6.07, 6.45) is 4.76. The fourth-order valence-electron chi connectivity index (χ4n) is 3.55. The first kappa shape index (κ1) is 25.1. The molecule has 9 heteroatoms. The molecule has 1 saturated heterocycles. The van der Waals surface area contributed by atoms with Crippen LogP contribution in [0.5, 0.6) is 11.5 Å². The third kappa shape index (κ3) is 7.25. The van der Waals surface area contributed by atoms with E-state index in [1.807, 2.05) is 36.4 Å². The zero-order chi connectivity index (χ0) is 24.2. The minimum absolute atomic E-state index is 0.164. The van der Waals surface area contributed by atoms with Crippen LogP contribution in [0.25, 0.3) is 16.5 Å². The van der Waals surface area contributed by atoms with Gasteiger partial charge in [-0.1, -0.05) is 35.4 Å². The number of carbonyl (C=O) groups is 1. The van der Waals surface area contributed by atoms with Crippen molar-refractivity contribution < 1.29 is 28.5 Å². The smallest absolute Gasteiger partial charge is 0.340 e. The summed E-state index contributed by atoms with van der Waals surface area (Å²) in [5, 5.41) is 3.48. The summed E-state index contributed by atoms with van der Waals surface area (Å²) in [6, 6.07) is 13.4. The Kier molecular flexibility index (Phi) is 9.79. The maximum Gasteiger partial charge on any atom is 0.340 e. The molecule has 1 heterocycles. The average molecular weight is 468 g/mol. The first-order valence-corrected chi connectivity index (χ1v) is 11.1. The number of methoxy groups -OCH3 is 2. The maximum atomic E-state index is 12.1. The average Bonchev–Trinajstić information content (AvgIpc) is 2.88. The van der Waals surface area contributed by atoms with Crippen molar-refractivity contribution in [2.45, 2.75) is 38.6 Å². The maximum absolute atomic E-state index is 12.1. The first-order chi connectivity index (χ1) is 16.6. The molecule has 1 atom stereocenters. The number of benzene rings is 2. The molecule has 3 rings (SSSR count). The van der Waals surface area contributed by atoms with Gasteiger partial charge in [-0.3, -0.25) is 0 Å². The van der Waals surface area contributed by atoms with E-state index in [4.69, 9.17) is 29.2 Å². The van der Waals surface area contributed by atoms with Gasteiger partial charge in [-0.2, -0.15) is 0 Å². The van der Waals surface area contributed by atoms with Crippen LogP contribution in [-0.2, 0) is 32.0 Å². The molecule has 180 valence electrons. The molecule has 2 aromatic carbocycles. The summed E-state index contributed by atoms with van der Waals surface area (Å²) in [6.45, 7) is 1.47. The Labute approximate surface area is 198 Å². The number of carbonyl (C=O) groups excluding carboxylic acids is 1. The standard InChI is InChI=1S/C25H29N3O6/c1-30-22-16-20(14-21(27-28-26)25(29)31-2)19(11-13-33-24-10-6-7-12-32-24)15-23(22)34-17-18-8-4-3-5-9-18/h3-5,8-9,14-16,24H,6-7,10-13,17H2,1-2H3/b21-14-.